The molecule has 2 aliphatic rings. The fourth-order valence-electron chi connectivity index (χ4n) is 7.99. The van der Waals surface area contributed by atoms with E-state index < -0.39 is 0 Å². The largest absolute Gasteiger partial charge is 0.493 e. The Morgan fingerprint density at radius 1 is 0.619 bits per heavy atom. The van der Waals surface area contributed by atoms with Crippen LogP contribution >= 0.6 is 11.6 Å². The third-order valence-corrected chi connectivity index (χ3v) is 11.8. The number of ether oxygens (including phenoxy) is 8. The Bertz CT molecular complexity index is 2930. The lowest BCUT2D eigenvalue weighted by Gasteiger charge is -2.18. The van der Waals surface area contributed by atoms with Crippen molar-refractivity contribution in [2.75, 3.05) is 59.7 Å². The minimum Gasteiger partial charge on any atom is -0.493 e. The predicted octanol–water partition coefficient (Wildman–Crippen LogP) is 9.11. The van der Waals surface area contributed by atoms with Crippen LogP contribution in [-0.2, 0) is 9.47 Å². The molecule has 2 N–H and O–H groups in total. The van der Waals surface area contributed by atoms with Gasteiger partial charge >= 0.3 is 0 Å². The lowest BCUT2D eigenvalue weighted by Crippen LogP contribution is -2.28. The van der Waals surface area contributed by atoms with Crippen LogP contribution in [0.4, 0.5) is 0 Å². The van der Waals surface area contributed by atoms with Crippen molar-refractivity contribution in [3.8, 4) is 46.3 Å². The number of hydrogen-bond acceptors (Lipinski definition) is 13. The van der Waals surface area contributed by atoms with E-state index in [1.807, 2.05) is 54.6 Å². The van der Waals surface area contributed by atoms with Gasteiger partial charge in [0.25, 0.3) is 0 Å². The first-order valence-corrected chi connectivity index (χ1v) is 21.2. The summed E-state index contributed by atoms with van der Waals surface area (Å²) in [6, 6.07) is 19.3. The quantitative estimate of drug-likeness (QED) is 0.106. The smallest absolute Gasteiger partial charge is 0.230 e. The first-order valence-electron chi connectivity index (χ1n) is 20.7. The van der Waals surface area contributed by atoms with E-state index in [0.717, 1.165) is 69.1 Å². The number of methoxy groups -OCH3 is 2. The Balaban J connectivity index is 0.000000164. The molecule has 2 unspecified atom stereocenters. The molecule has 4 aromatic carbocycles. The lowest BCUT2D eigenvalue weighted by atomic mass is 10.1. The van der Waals surface area contributed by atoms with E-state index in [-0.39, 0.29) is 12.2 Å². The highest BCUT2D eigenvalue weighted by Crippen LogP contribution is 2.39. The Hall–Kier alpha value is -6.39. The van der Waals surface area contributed by atoms with Crippen molar-refractivity contribution in [1.82, 2.24) is 34.8 Å². The van der Waals surface area contributed by atoms with Crippen LogP contribution in [0.15, 0.2) is 73.3 Å². The summed E-state index contributed by atoms with van der Waals surface area (Å²) >= 11 is 5.72. The first-order chi connectivity index (χ1) is 30.7. The normalized spacial score (nSPS) is 16.0. The summed E-state index contributed by atoms with van der Waals surface area (Å²) in [5.74, 6) is 5.12. The van der Waals surface area contributed by atoms with Gasteiger partial charge in [0.1, 0.15) is 56.4 Å². The summed E-state index contributed by atoms with van der Waals surface area (Å²) in [7, 11) is 3.21. The van der Waals surface area contributed by atoms with Crippen molar-refractivity contribution >= 4 is 55.2 Å². The van der Waals surface area contributed by atoms with E-state index in [2.05, 4.69) is 62.5 Å². The van der Waals surface area contributed by atoms with Gasteiger partial charge in [-0.05, 0) is 87.4 Å². The molecular formula is C47H48ClN7O8. The molecule has 6 heterocycles. The Morgan fingerprint density at radius 3 is 1.59 bits per heavy atom. The maximum atomic E-state index is 6.20. The highest BCUT2D eigenvalue weighted by atomic mass is 35.5. The number of aromatic nitrogens is 6. The summed E-state index contributed by atoms with van der Waals surface area (Å²) in [6.45, 7) is 12.1. The van der Waals surface area contributed by atoms with E-state index >= 15 is 0 Å². The maximum Gasteiger partial charge on any atom is 0.230 e. The number of H-pyrrole nitrogens is 2. The van der Waals surface area contributed by atoms with E-state index in [4.69, 9.17) is 49.5 Å². The van der Waals surface area contributed by atoms with Crippen LogP contribution in [0.1, 0.15) is 22.5 Å². The van der Waals surface area contributed by atoms with Crippen molar-refractivity contribution in [1.29, 1.82) is 0 Å². The molecule has 0 amide bonds. The number of halogens is 1. The number of likely N-dealkylation sites (tertiary alicyclic amines) is 1. The van der Waals surface area contributed by atoms with E-state index in [1.165, 1.54) is 23.8 Å². The van der Waals surface area contributed by atoms with Gasteiger partial charge in [-0.25, -0.2) is 19.9 Å². The molecule has 2 fully saturated rings. The number of nitrogens with zero attached hydrogens (tertiary/aromatic N) is 5. The number of fused-ring (bicyclic) bond motifs is 5. The monoisotopic (exact) mass is 873 g/mol. The molecule has 63 heavy (non-hydrogen) atoms. The van der Waals surface area contributed by atoms with Gasteiger partial charge in [0.2, 0.25) is 11.8 Å². The van der Waals surface area contributed by atoms with Crippen molar-refractivity contribution in [2.24, 2.45) is 0 Å². The Morgan fingerprint density at radius 2 is 1.11 bits per heavy atom. The first kappa shape index (κ1) is 41.9. The standard InChI is InChI=1S/C26H28N4O5.C21H20ClN3O3/c1-15-16(2)29-20-5-4-17(8-18(15)20)35-26-19-9-22(31-3)23(10-21(19)27-13-28-26)32-7-6-30-11-24-25(12-30)34-14-33-24;1-12-13(2)25-17-5-4-14(8-15(12)17)28-21-16-9-19(26-3)20(27-7-6-22)10-18(16)23-11-24-21/h4-5,8-10,13,24-25,29H,6-7,11-12,14H2,1-3H3;4-5,8-11,25H,6-7H2,1-3H3. The average molecular weight is 874 g/mol. The third-order valence-electron chi connectivity index (χ3n) is 11.6. The van der Waals surface area contributed by atoms with Crippen molar-refractivity contribution < 1.29 is 37.9 Å². The predicted molar refractivity (Wildman–Crippen MR) is 241 cm³/mol. The molecule has 10 rings (SSSR count). The van der Waals surface area contributed by atoms with Crippen LogP contribution in [0.3, 0.4) is 0 Å². The Labute approximate surface area is 368 Å². The zero-order chi connectivity index (χ0) is 43.6. The van der Waals surface area contributed by atoms with Gasteiger partial charge in [-0.15, -0.1) is 11.6 Å². The van der Waals surface area contributed by atoms with Crippen molar-refractivity contribution in [3.05, 3.63) is 95.8 Å². The molecule has 0 spiro atoms. The molecule has 4 aromatic heterocycles. The molecule has 2 aliphatic heterocycles. The van der Waals surface area contributed by atoms with Crippen molar-refractivity contribution in [2.45, 2.75) is 39.9 Å². The van der Waals surface area contributed by atoms with E-state index in [1.54, 1.807) is 20.3 Å². The van der Waals surface area contributed by atoms with Crippen LogP contribution in [0.5, 0.6) is 46.3 Å². The number of rotatable bonds is 13. The van der Waals surface area contributed by atoms with Gasteiger partial charge in [0.05, 0.1) is 41.9 Å². The number of aryl methyl sites for hydroxylation is 4. The van der Waals surface area contributed by atoms with E-state index in [9.17, 15) is 0 Å². The number of nitrogens with one attached hydrogen (secondary N) is 2. The molecule has 2 saturated heterocycles. The van der Waals surface area contributed by atoms with Crippen LogP contribution in [0.2, 0.25) is 0 Å². The van der Waals surface area contributed by atoms with Crippen molar-refractivity contribution in [3.63, 3.8) is 0 Å². The molecule has 0 radical (unpaired) electrons. The highest BCUT2D eigenvalue weighted by Gasteiger charge is 2.38. The molecule has 0 bridgehead atoms. The molecule has 8 aromatic rings. The topological polar surface area (TPSA) is 160 Å². The van der Waals surface area contributed by atoms with Gasteiger partial charge in [-0.1, -0.05) is 0 Å². The molecule has 326 valence electrons. The molecular weight excluding hydrogens is 826 g/mol. The molecule has 16 heteroatoms. The van der Waals surface area contributed by atoms with Gasteiger partial charge in [-0.3, -0.25) is 4.90 Å². The van der Waals surface area contributed by atoms with Crippen LogP contribution < -0.4 is 28.4 Å². The molecule has 2 atom stereocenters. The summed E-state index contributed by atoms with van der Waals surface area (Å²) in [5.41, 5.74) is 8.29. The fourth-order valence-corrected chi connectivity index (χ4v) is 8.06. The van der Waals surface area contributed by atoms with Crippen LogP contribution in [-0.4, -0.2) is 107 Å². The molecule has 0 aliphatic carbocycles. The van der Waals surface area contributed by atoms with Gasteiger partial charge in [-0.2, -0.15) is 0 Å². The summed E-state index contributed by atoms with van der Waals surface area (Å²) < 4.78 is 46.3. The van der Waals surface area contributed by atoms with Gasteiger partial charge in [0.15, 0.2) is 23.0 Å². The lowest BCUT2D eigenvalue weighted by molar-refractivity contribution is 0.0140. The molecule has 15 nitrogen and oxygen atoms in total. The maximum absolute atomic E-state index is 6.20. The second-order valence-electron chi connectivity index (χ2n) is 15.4. The van der Waals surface area contributed by atoms with Gasteiger partial charge < -0.3 is 47.9 Å². The summed E-state index contributed by atoms with van der Waals surface area (Å²) in [4.78, 5) is 26.5. The summed E-state index contributed by atoms with van der Waals surface area (Å²) in [5, 5.41) is 3.74. The second-order valence-corrected chi connectivity index (χ2v) is 15.8. The summed E-state index contributed by atoms with van der Waals surface area (Å²) in [6.07, 6.45) is 3.32. The number of alkyl halides is 1. The van der Waals surface area contributed by atoms with Crippen LogP contribution in [0.25, 0.3) is 43.6 Å². The second kappa shape index (κ2) is 18.1. The van der Waals surface area contributed by atoms with Crippen LogP contribution in [0, 0.1) is 27.7 Å². The zero-order valence-electron chi connectivity index (χ0n) is 35.9. The van der Waals surface area contributed by atoms with Gasteiger partial charge in [0, 0.05) is 65.0 Å². The van der Waals surface area contributed by atoms with E-state index in [0.29, 0.717) is 77.7 Å². The molecule has 0 saturated carbocycles. The minimum absolute atomic E-state index is 0.172. The average Bonchev–Trinajstić information content (AvgIpc) is 4.05. The number of benzene rings is 4. The Kier molecular flexibility index (Phi) is 12.1. The number of hydrogen-bond donors (Lipinski definition) is 2. The number of aromatic amines is 2. The minimum atomic E-state index is 0.172. The third kappa shape index (κ3) is 8.69. The zero-order valence-corrected chi connectivity index (χ0v) is 36.7. The SMILES string of the molecule is COc1cc2c(Oc3ccc4[nH]c(C)c(C)c4c3)ncnc2cc1OCCCl.COc1cc2c(Oc3ccc4[nH]c(C)c(C)c4c3)ncnc2cc1OCCN1CC2OCOC2C1. The fraction of sp³-hybridized carbons (Fsp3) is 0.319. The highest BCUT2D eigenvalue weighted by molar-refractivity contribution is 6.18.